The van der Waals surface area contributed by atoms with Crippen LogP contribution in [-0.2, 0) is 11.0 Å². The summed E-state index contributed by atoms with van der Waals surface area (Å²) in [5.74, 6) is 0.510. The number of anilines is 1. The fourth-order valence-corrected chi connectivity index (χ4v) is 3.96. The number of hydrogen-bond acceptors (Lipinski definition) is 4. The first-order valence-electron chi connectivity index (χ1n) is 8.21. The van der Waals surface area contributed by atoms with Gasteiger partial charge in [-0.1, -0.05) is 23.7 Å². The molecule has 0 aliphatic carbocycles. The van der Waals surface area contributed by atoms with Gasteiger partial charge in [-0.2, -0.15) is 0 Å². The summed E-state index contributed by atoms with van der Waals surface area (Å²) in [6.45, 7) is 2.01. The first-order chi connectivity index (χ1) is 13.1. The van der Waals surface area contributed by atoms with Crippen molar-refractivity contribution < 1.29 is 4.21 Å². The molecule has 2 aromatic carbocycles. The van der Waals surface area contributed by atoms with Crippen LogP contribution in [0.4, 0.5) is 5.82 Å². The van der Waals surface area contributed by atoms with Gasteiger partial charge < -0.3 is 0 Å². The Morgan fingerprint density at radius 2 is 1.89 bits per heavy atom. The molecule has 134 valence electrons. The first kappa shape index (κ1) is 17.6. The molecular weight excluding hydrogens is 380 g/mol. The minimum atomic E-state index is -1.43. The number of aromatic nitrogens is 3. The Morgan fingerprint density at radius 1 is 1.00 bits per heavy atom. The predicted octanol–water partition coefficient (Wildman–Crippen LogP) is 4.79. The molecule has 0 saturated carbocycles. The van der Waals surface area contributed by atoms with Crippen LogP contribution in [0.3, 0.4) is 0 Å². The Morgan fingerprint density at radius 3 is 2.67 bits per heavy atom. The topological polar surface area (TPSA) is 67.8 Å². The van der Waals surface area contributed by atoms with Gasteiger partial charge in [-0.15, -0.1) is 0 Å². The first-order valence-corrected chi connectivity index (χ1v) is 9.74. The average Bonchev–Trinajstić information content (AvgIpc) is 2.68. The minimum absolute atomic E-state index is 0.510. The predicted molar refractivity (Wildman–Crippen MR) is 109 cm³/mol. The standard InChI is InChI=1S/C20H15ClN4OS/c1-13-10-15(21)2-4-17(13)20-18-5-3-16(11-14(18)6-9-23-20)27(26)25-19-7-8-22-12-24-19/h2-12H,1H3,(H,22,24,25). The van der Waals surface area contributed by atoms with Crippen LogP contribution >= 0.6 is 11.6 Å². The number of nitrogens with zero attached hydrogens (tertiary/aromatic N) is 3. The number of fused-ring (bicyclic) bond motifs is 1. The molecule has 0 saturated heterocycles. The van der Waals surface area contributed by atoms with Crippen molar-refractivity contribution in [3.8, 4) is 11.3 Å². The summed E-state index contributed by atoms with van der Waals surface area (Å²) in [6, 6.07) is 15.0. The maximum absolute atomic E-state index is 12.6. The van der Waals surface area contributed by atoms with E-state index in [1.807, 2.05) is 49.4 Å². The van der Waals surface area contributed by atoms with Gasteiger partial charge in [-0.25, -0.2) is 14.2 Å². The lowest BCUT2D eigenvalue weighted by Crippen LogP contribution is -2.06. The van der Waals surface area contributed by atoms with E-state index in [0.29, 0.717) is 15.7 Å². The van der Waals surface area contributed by atoms with E-state index in [4.69, 9.17) is 11.6 Å². The molecule has 1 atom stereocenters. The molecular formula is C20H15ClN4OS. The molecule has 4 aromatic rings. The molecule has 2 aromatic heterocycles. The van der Waals surface area contributed by atoms with Crippen LogP contribution in [0.2, 0.25) is 5.02 Å². The van der Waals surface area contributed by atoms with E-state index >= 15 is 0 Å². The number of benzene rings is 2. The van der Waals surface area contributed by atoms with Gasteiger partial charge in [0.25, 0.3) is 0 Å². The SMILES string of the molecule is Cc1cc(Cl)ccc1-c1nccc2cc(S(=O)Nc3ccncn3)ccc12. The van der Waals surface area contributed by atoms with Crippen molar-refractivity contribution in [2.75, 3.05) is 4.72 Å². The fourth-order valence-electron chi connectivity index (χ4n) is 2.88. The van der Waals surface area contributed by atoms with Crippen LogP contribution in [-0.4, -0.2) is 19.2 Å². The van der Waals surface area contributed by atoms with E-state index < -0.39 is 11.0 Å². The number of hydrogen-bond donors (Lipinski definition) is 1. The quantitative estimate of drug-likeness (QED) is 0.540. The lowest BCUT2D eigenvalue weighted by atomic mass is 10.0. The molecule has 1 unspecified atom stereocenters. The third kappa shape index (κ3) is 3.67. The van der Waals surface area contributed by atoms with E-state index in [9.17, 15) is 4.21 Å². The zero-order valence-electron chi connectivity index (χ0n) is 14.4. The van der Waals surface area contributed by atoms with Gasteiger partial charge in [-0.3, -0.25) is 9.71 Å². The molecule has 0 spiro atoms. The van der Waals surface area contributed by atoms with Crippen molar-refractivity contribution in [3.05, 3.63) is 77.8 Å². The second kappa shape index (κ2) is 7.42. The van der Waals surface area contributed by atoms with Crippen LogP contribution in [0.5, 0.6) is 0 Å². The molecule has 0 bridgehead atoms. The number of rotatable bonds is 4. The Bertz CT molecular complexity index is 1150. The molecule has 0 aliphatic heterocycles. The van der Waals surface area contributed by atoms with E-state index in [-0.39, 0.29) is 0 Å². The van der Waals surface area contributed by atoms with Crippen molar-refractivity contribution in [2.24, 2.45) is 0 Å². The number of nitrogens with one attached hydrogen (secondary N) is 1. The van der Waals surface area contributed by atoms with Crippen molar-refractivity contribution in [3.63, 3.8) is 0 Å². The van der Waals surface area contributed by atoms with E-state index in [1.54, 1.807) is 18.5 Å². The summed E-state index contributed by atoms with van der Waals surface area (Å²) in [6.07, 6.45) is 4.77. The largest absolute Gasteiger partial charge is 0.285 e. The normalized spacial score (nSPS) is 12.1. The summed E-state index contributed by atoms with van der Waals surface area (Å²) in [4.78, 5) is 13.1. The monoisotopic (exact) mass is 394 g/mol. The smallest absolute Gasteiger partial charge is 0.151 e. The average molecular weight is 395 g/mol. The maximum atomic E-state index is 12.6. The van der Waals surface area contributed by atoms with Crippen molar-refractivity contribution in [1.29, 1.82) is 0 Å². The van der Waals surface area contributed by atoms with Crippen molar-refractivity contribution >= 4 is 39.2 Å². The van der Waals surface area contributed by atoms with Gasteiger partial charge >= 0.3 is 0 Å². The molecule has 0 amide bonds. The van der Waals surface area contributed by atoms with Gasteiger partial charge in [0.1, 0.15) is 12.1 Å². The summed E-state index contributed by atoms with van der Waals surface area (Å²) in [5, 5.41) is 2.65. The zero-order chi connectivity index (χ0) is 18.8. The van der Waals surface area contributed by atoms with Gasteiger partial charge in [0.15, 0.2) is 11.0 Å². The zero-order valence-corrected chi connectivity index (χ0v) is 16.0. The Balaban J connectivity index is 1.73. The van der Waals surface area contributed by atoms with Crippen molar-refractivity contribution in [2.45, 2.75) is 11.8 Å². The van der Waals surface area contributed by atoms with E-state index in [1.165, 1.54) is 6.33 Å². The molecule has 0 aliphatic rings. The van der Waals surface area contributed by atoms with E-state index in [0.717, 1.165) is 27.6 Å². The summed E-state index contributed by atoms with van der Waals surface area (Å²) in [7, 11) is -1.43. The lowest BCUT2D eigenvalue weighted by Gasteiger charge is -2.11. The van der Waals surface area contributed by atoms with Crippen LogP contribution in [0.25, 0.3) is 22.0 Å². The molecule has 0 fully saturated rings. The molecule has 1 N–H and O–H groups in total. The fraction of sp³-hybridized carbons (Fsp3) is 0.0500. The third-order valence-corrected chi connectivity index (χ3v) is 5.48. The molecule has 27 heavy (non-hydrogen) atoms. The van der Waals surface area contributed by atoms with Crippen molar-refractivity contribution in [1.82, 2.24) is 15.0 Å². The molecule has 2 heterocycles. The highest BCUT2D eigenvalue weighted by Gasteiger charge is 2.11. The Hall–Kier alpha value is -2.83. The number of halogens is 1. The van der Waals surface area contributed by atoms with Gasteiger partial charge in [0.05, 0.1) is 10.6 Å². The third-order valence-electron chi connectivity index (χ3n) is 4.17. The van der Waals surface area contributed by atoms with Crippen LogP contribution in [0.15, 0.2) is 72.1 Å². The summed E-state index contributed by atoms with van der Waals surface area (Å²) >= 11 is 6.07. The number of pyridine rings is 1. The van der Waals surface area contributed by atoms with E-state index in [2.05, 4.69) is 19.7 Å². The van der Waals surface area contributed by atoms with Gasteiger partial charge in [0, 0.05) is 28.4 Å². The maximum Gasteiger partial charge on any atom is 0.151 e. The highest BCUT2D eigenvalue weighted by Crippen LogP contribution is 2.31. The second-order valence-corrected chi connectivity index (χ2v) is 7.62. The highest BCUT2D eigenvalue weighted by atomic mass is 35.5. The highest BCUT2D eigenvalue weighted by molar-refractivity contribution is 7.86. The lowest BCUT2D eigenvalue weighted by molar-refractivity contribution is 0.686. The van der Waals surface area contributed by atoms with Gasteiger partial charge in [-0.05, 0) is 54.3 Å². The minimum Gasteiger partial charge on any atom is -0.285 e. The molecule has 7 heteroatoms. The Labute approximate surface area is 164 Å². The van der Waals surface area contributed by atoms with Crippen LogP contribution < -0.4 is 4.72 Å². The molecule has 0 radical (unpaired) electrons. The van der Waals surface area contributed by atoms with Crippen LogP contribution in [0.1, 0.15) is 5.56 Å². The molecule has 4 rings (SSSR count). The molecule has 5 nitrogen and oxygen atoms in total. The number of aryl methyl sites for hydroxylation is 1. The second-order valence-electron chi connectivity index (χ2n) is 5.97. The summed E-state index contributed by atoms with van der Waals surface area (Å²) < 4.78 is 15.5. The Kier molecular flexibility index (Phi) is 4.83. The van der Waals surface area contributed by atoms with Crippen LogP contribution in [0, 0.1) is 6.92 Å². The summed E-state index contributed by atoms with van der Waals surface area (Å²) in [5.41, 5.74) is 2.96. The van der Waals surface area contributed by atoms with Gasteiger partial charge in [0.2, 0.25) is 0 Å².